The molecule has 1 heterocycles. The minimum atomic E-state index is -0.760. The molecule has 1 amide bonds. The van der Waals surface area contributed by atoms with Crippen molar-refractivity contribution in [1.82, 2.24) is 4.57 Å². The summed E-state index contributed by atoms with van der Waals surface area (Å²) in [5.74, 6) is 0. The van der Waals surface area contributed by atoms with E-state index in [-0.39, 0.29) is 18.8 Å². The van der Waals surface area contributed by atoms with Gasteiger partial charge in [-0.3, -0.25) is 14.7 Å². The summed E-state index contributed by atoms with van der Waals surface area (Å²) >= 11 is 6.21. The molecule has 0 aliphatic heterocycles. The summed E-state index contributed by atoms with van der Waals surface area (Å²) in [5, 5.41) is 2.88. The van der Waals surface area contributed by atoms with Gasteiger partial charge < -0.3 is 9.53 Å². The van der Waals surface area contributed by atoms with Crippen LogP contribution in [-0.4, -0.2) is 16.9 Å². The van der Waals surface area contributed by atoms with Gasteiger partial charge in [0.15, 0.2) is 0 Å². The first-order valence-corrected chi connectivity index (χ1v) is 8.88. The quantitative estimate of drug-likeness (QED) is 0.636. The summed E-state index contributed by atoms with van der Waals surface area (Å²) in [4.78, 5) is 35.9. The normalized spacial score (nSPS) is 10.3. The number of benzene rings is 2. The predicted octanol–water partition coefficient (Wildman–Crippen LogP) is 4.12. The molecule has 6 nitrogen and oxygen atoms in total. The molecule has 1 aromatic heterocycles. The third-order valence-corrected chi connectivity index (χ3v) is 4.36. The minimum absolute atomic E-state index is 0.00992. The number of halogens is 1. The van der Waals surface area contributed by atoms with E-state index in [1.807, 2.05) is 30.3 Å². The van der Waals surface area contributed by atoms with Crippen LogP contribution in [0.4, 0.5) is 10.5 Å². The Hall–Kier alpha value is -3.38. The van der Waals surface area contributed by atoms with Crippen molar-refractivity contribution in [3.05, 3.63) is 87.7 Å². The number of aldehydes is 1. The zero-order chi connectivity index (χ0) is 19.9. The first-order chi connectivity index (χ1) is 13.6. The summed E-state index contributed by atoms with van der Waals surface area (Å²) in [7, 11) is 0. The largest absolute Gasteiger partial charge is 0.444 e. The van der Waals surface area contributed by atoms with Crippen molar-refractivity contribution in [3.8, 4) is 11.3 Å². The molecule has 2 aromatic carbocycles. The number of anilines is 1. The molecule has 3 rings (SSSR count). The van der Waals surface area contributed by atoms with Gasteiger partial charge in [0.05, 0.1) is 12.2 Å². The van der Waals surface area contributed by atoms with E-state index >= 15 is 0 Å². The van der Waals surface area contributed by atoms with Gasteiger partial charge in [-0.2, -0.15) is 0 Å². The topological polar surface area (TPSA) is 77.4 Å². The molecule has 0 saturated carbocycles. The third kappa shape index (κ3) is 4.47. The highest BCUT2D eigenvalue weighted by Gasteiger charge is 2.14. The smallest absolute Gasteiger partial charge is 0.412 e. The van der Waals surface area contributed by atoms with E-state index in [1.54, 1.807) is 30.3 Å². The van der Waals surface area contributed by atoms with Crippen LogP contribution in [0.1, 0.15) is 5.56 Å². The van der Waals surface area contributed by atoms with E-state index in [9.17, 15) is 14.4 Å². The van der Waals surface area contributed by atoms with Crippen LogP contribution in [0.3, 0.4) is 0 Å². The van der Waals surface area contributed by atoms with Gasteiger partial charge in [0.2, 0.25) is 0 Å². The maximum atomic E-state index is 12.8. The molecule has 3 aromatic rings. The Morgan fingerprint density at radius 1 is 1.04 bits per heavy atom. The second kappa shape index (κ2) is 9.01. The number of nitrogens with zero attached hydrogens (tertiary/aromatic N) is 1. The summed E-state index contributed by atoms with van der Waals surface area (Å²) < 4.78 is 6.38. The standard InChI is InChI=1S/C21H17ClN2O4/c22-17-9-5-4-8-16(17)19-11-10-18(20(26)24(19)12-13-25)23-21(27)28-14-15-6-2-1-3-7-15/h1-11,13H,12,14H2,(H,23,27). The highest BCUT2D eigenvalue weighted by atomic mass is 35.5. The van der Waals surface area contributed by atoms with Crippen LogP contribution in [0.5, 0.6) is 0 Å². The number of carbonyl (C=O) groups excluding carboxylic acids is 2. The summed E-state index contributed by atoms with van der Waals surface area (Å²) in [6.45, 7) is -0.0963. The molecule has 0 saturated heterocycles. The predicted molar refractivity (Wildman–Crippen MR) is 107 cm³/mol. The first kappa shape index (κ1) is 19.4. The number of carbonyl (C=O) groups is 2. The fourth-order valence-electron chi connectivity index (χ4n) is 2.70. The van der Waals surface area contributed by atoms with E-state index in [0.29, 0.717) is 22.6 Å². The van der Waals surface area contributed by atoms with Crippen molar-refractivity contribution < 1.29 is 14.3 Å². The van der Waals surface area contributed by atoms with Crippen molar-refractivity contribution in [2.75, 3.05) is 5.32 Å². The Labute approximate surface area is 166 Å². The Kier molecular flexibility index (Phi) is 6.24. The Bertz CT molecular complexity index is 1050. The van der Waals surface area contributed by atoms with E-state index in [4.69, 9.17) is 16.3 Å². The van der Waals surface area contributed by atoms with Gasteiger partial charge in [0, 0.05) is 10.6 Å². The number of ether oxygens (including phenoxy) is 1. The van der Waals surface area contributed by atoms with Gasteiger partial charge in [-0.25, -0.2) is 4.79 Å². The minimum Gasteiger partial charge on any atom is -0.444 e. The molecular formula is C21H17ClN2O4. The second-order valence-corrected chi connectivity index (χ2v) is 6.29. The lowest BCUT2D eigenvalue weighted by Gasteiger charge is -2.14. The van der Waals surface area contributed by atoms with Crippen LogP contribution < -0.4 is 10.9 Å². The molecular weight excluding hydrogens is 380 g/mol. The van der Waals surface area contributed by atoms with Crippen LogP contribution in [0.25, 0.3) is 11.3 Å². The molecule has 0 spiro atoms. The van der Waals surface area contributed by atoms with Gasteiger partial charge in [-0.1, -0.05) is 60.1 Å². The van der Waals surface area contributed by atoms with Gasteiger partial charge in [-0.15, -0.1) is 0 Å². The number of hydrogen-bond acceptors (Lipinski definition) is 4. The third-order valence-electron chi connectivity index (χ3n) is 4.03. The number of nitrogens with one attached hydrogen (secondary N) is 1. The Balaban J connectivity index is 1.83. The number of amides is 1. The van der Waals surface area contributed by atoms with Crippen molar-refractivity contribution >= 4 is 29.7 Å². The zero-order valence-electron chi connectivity index (χ0n) is 14.8. The molecule has 0 radical (unpaired) electrons. The summed E-state index contributed by atoms with van der Waals surface area (Å²) in [6, 6.07) is 19.3. The fourth-order valence-corrected chi connectivity index (χ4v) is 2.94. The molecule has 7 heteroatoms. The van der Waals surface area contributed by atoms with E-state index < -0.39 is 11.7 Å². The van der Waals surface area contributed by atoms with Crippen LogP contribution in [-0.2, 0) is 22.7 Å². The average molecular weight is 397 g/mol. The number of aromatic nitrogens is 1. The fraction of sp³-hybridized carbons (Fsp3) is 0.0952. The van der Waals surface area contributed by atoms with Crippen molar-refractivity contribution in [3.63, 3.8) is 0 Å². The molecule has 142 valence electrons. The average Bonchev–Trinajstić information content (AvgIpc) is 2.71. The highest BCUT2D eigenvalue weighted by Crippen LogP contribution is 2.27. The van der Waals surface area contributed by atoms with Gasteiger partial charge in [0.1, 0.15) is 18.6 Å². The van der Waals surface area contributed by atoms with Gasteiger partial charge >= 0.3 is 6.09 Å². The summed E-state index contributed by atoms with van der Waals surface area (Å²) in [6.07, 6.45) is -0.150. The maximum Gasteiger partial charge on any atom is 0.412 e. The van der Waals surface area contributed by atoms with Gasteiger partial charge in [-0.05, 0) is 23.8 Å². The van der Waals surface area contributed by atoms with Crippen molar-refractivity contribution in [2.24, 2.45) is 0 Å². The molecule has 28 heavy (non-hydrogen) atoms. The number of hydrogen-bond donors (Lipinski definition) is 1. The highest BCUT2D eigenvalue weighted by molar-refractivity contribution is 6.33. The van der Waals surface area contributed by atoms with E-state index in [0.717, 1.165) is 5.56 Å². The van der Waals surface area contributed by atoms with Gasteiger partial charge in [0.25, 0.3) is 5.56 Å². The molecule has 0 bridgehead atoms. The summed E-state index contributed by atoms with van der Waals surface area (Å²) in [5.41, 5.74) is 1.40. The van der Waals surface area contributed by atoms with E-state index in [1.165, 1.54) is 10.6 Å². The lowest BCUT2D eigenvalue weighted by atomic mass is 10.1. The maximum absolute atomic E-state index is 12.8. The van der Waals surface area contributed by atoms with Crippen LogP contribution in [0.15, 0.2) is 71.5 Å². The Morgan fingerprint density at radius 2 is 1.75 bits per heavy atom. The molecule has 0 atom stereocenters. The number of pyridine rings is 1. The van der Waals surface area contributed by atoms with Crippen molar-refractivity contribution in [1.29, 1.82) is 0 Å². The van der Waals surface area contributed by atoms with Crippen molar-refractivity contribution in [2.45, 2.75) is 13.2 Å². The molecule has 0 aliphatic carbocycles. The number of rotatable bonds is 6. The second-order valence-electron chi connectivity index (χ2n) is 5.88. The first-order valence-electron chi connectivity index (χ1n) is 8.50. The van der Waals surface area contributed by atoms with E-state index in [2.05, 4.69) is 5.32 Å². The Morgan fingerprint density at radius 3 is 2.46 bits per heavy atom. The molecule has 1 N–H and O–H groups in total. The molecule has 0 aliphatic rings. The lowest BCUT2D eigenvalue weighted by Crippen LogP contribution is -2.27. The zero-order valence-corrected chi connectivity index (χ0v) is 15.6. The monoisotopic (exact) mass is 396 g/mol. The molecule has 0 fully saturated rings. The molecule has 0 unspecified atom stereocenters. The van der Waals surface area contributed by atoms with Crippen LogP contribution in [0, 0.1) is 0 Å². The van der Waals surface area contributed by atoms with Crippen LogP contribution >= 0.6 is 11.6 Å². The lowest BCUT2D eigenvalue weighted by molar-refractivity contribution is -0.108. The SMILES string of the molecule is O=CCn1c(-c2ccccc2Cl)ccc(NC(=O)OCc2ccccc2)c1=O. The van der Waals surface area contributed by atoms with Crippen LogP contribution in [0.2, 0.25) is 5.02 Å².